The average Bonchev–Trinajstić information content (AvgIpc) is 1.88. The van der Waals surface area contributed by atoms with Gasteiger partial charge in [-0.15, -0.1) is 4.52 Å². The zero-order valence-corrected chi connectivity index (χ0v) is 8.65. The summed E-state index contributed by atoms with van der Waals surface area (Å²) in [5, 5.41) is 0. The lowest BCUT2D eigenvalue weighted by atomic mass is 10.3. The molecule has 0 radical (unpaired) electrons. The van der Waals surface area contributed by atoms with Crippen molar-refractivity contribution in [1.82, 2.24) is 0 Å². The van der Waals surface area contributed by atoms with Gasteiger partial charge in [-0.3, -0.25) is 0 Å². The Kier molecular flexibility index (Phi) is 4.49. The van der Waals surface area contributed by atoms with Crippen molar-refractivity contribution >= 4 is 41.1 Å². The summed E-state index contributed by atoms with van der Waals surface area (Å²) in [5.41, 5.74) is 0. The fourth-order valence-corrected chi connectivity index (χ4v) is 3.94. The predicted octanol–water partition coefficient (Wildman–Crippen LogP) is 2.74. The molecule has 10 heavy (non-hydrogen) atoms. The van der Waals surface area contributed by atoms with Crippen LogP contribution in [-0.4, -0.2) is 17.6 Å². The highest BCUT2D eigenvalue weighted by molar-refractivity contribution is 8.76. The van der Waals surface area contributed by atoms with Gasteiger partial charge in [0.1, 0.15) is 18.4 Å². The van der Waals surface area contributed by atoms with Crippen LogP contribution in [0, 0.1) is 0 Å². The van der Waals surface area contributed by atoms with Crippen molar-refractivity contribution in [2.75, 3.05) is 11.5 Å². The molecule has 0 bridgehead atoms. The summed E-state index contributed by atoms with van der Waals surface area (Å²) in [6.07, 6.45) is 1.16. The second-order valence-electron chi connectivity index (χ2n) is 1.86. The summed E-state index contributed by atoms with van der Waals surface area (Å²) < 4.78 is 15.5. The average molecular weight is 215 g/mol. The highest BCUT2D eigenvalue weighted by Gasteiger charge is 2.23. The van der Waals surface area contributed by atoms with Crippen molar-refractivity contribution in [3.8, 4) is 0 Å². The van der Waals surface area contributed by atoms with Gasteiger partial charge in [0.05, 0.1) is 0 Å². The minimum atomic E-state index is -1.70. The molecule has 1 saturated heterocycles. The Morgan fingerprint density at radius 3 is 2.90 bits per heavy atom. The van der Waals surface area contributed by atoms with Crippen LogP contribution < -0.4 is 0 Å². The standard InChI is InChI=1S/C4H7O2PS3/c5-7(8)6-4-1-2-9-10-3-4/h4H,1-3H2/p+1/t4-/m1/s1. The molecule has 0 aromatic rings. The minimum Gasteiger partial charge on any atom is -0.132 e. The van der Waals surface area contributed by atoms with Crippen molar-refractivity contribution < 1.29 is 9.09 Å². The van der Waals surface area contributed by atoms with Gasteiger partial charge in [-0.05, 0) is 11.0 Å². The Morgan fingerprint density at radius 2 is 2.40 bits per heavy atom. The molecule has 1 fully saturated rings. The molecule has 1 heterocycles. The summed E-state index contributed by atoms with van der Waals surface area (Å²) in [7, 11) is 1.92. The van der Waals surface area contributed by atoms with Crippen LogP contribution in [0.4, 0.5) is 0 Å². The van der Waals surface area contributed by atoms with E-state index in [9.17, 15) is 4.57 Å². The maximum atomic E-state index is 10.5. The van der Waals surface area contributed by atoms with E-state index in [0.29, 0.717) is 0 Å². The molecule has 1 aliphatic heterocycles. The Hall–Kier alpha value is 1.11. The van der Waals surface area contributed by atoms with E-state index in [0.717, 1.165) is 17.9 Å². The third kappa shape index (κ3) is 3.49. The Balaban J connectivity index is 2.19. The van der Waals surface area contributed by atoms with Crippen LogP contribution in [0.3, 0.4) is 0 Å². The zero-order chi connectivity index (χ0) is 7.40. The first-order valence-corrected chi connectivity index (χ1v) is 7.68. The smallest absolute Gasteiger partial charge is 0.132 e. The normalized spacial score (nSPS) is 28.1. The zero-order valence-electron chi connectivity index (χ0n) is 5.23. The van der Waals surface area contributed by atoms with Crippen LogP contribution in [0.2, 0.25) is 0 Å². The van der Waals surface area contributed by atoms with Gasteiger partial charge in [-0.1, -0.05) is 21.6 Å². The van der Waals surface area contributed by atoms with E-state index >= 15 is 0 Å². The number of hydrogen-bond acceptors (Lipinski definition) is 4. The predicted molar refractivity (Wildman–Crippen MR) is 51.0 cm³/mol. The van der Waals surface area contributed by atoms with E-state index in [2.05, 4.69) is 12.2 Å². The summed E-state index contributed by atoms with van der Waals surface area (Å²) in [6, 6.07) is 0. The number of rotatable bonds is 2. The lowest BCUT2D eigenvalue weighted by Crippen LogP contribution is -2.15. The van der Waals surface area contributed by atoms with Crippen molar-refractivity contribution in [3.05, 3.63) is 0 Å². The second kappa shape index (κ2) is 4.88. The van der Waals surface area contributed by atoms with Crippen LogP contribution in [-0.2, 0) is 9.09 Å². The Bertz CT molecular complexity index is 126. The summed E-state index contributed by atoms with van der Waals surface area (Å²) in [4.78, 5) is 0. The molecular formula is C4H8O2PS3+. The van der Waals surface area contributed by atoms with Gasteiger partial charge in [0, 0.05) is 11.5 Å². The molecule has 0 aliphatic carbocycles. The highest BCUT2D eigenvalue weighted by Crippen LogP contribution is 2.37. The topological polar surface area (TPSA) is 26.3 Å². The quantitative estimate of drug-likeness (QED) is 0.435. The molecule has 0 saturated carbocycles. The maximum absolute atomic E-state index is 10.5. The van der Waals surface area contributed by atoms with Crippen molar-refractivity contribution in [2.24, 2.45) is 0 Å². The molecule has 2 nitrogen and oxygen atoms in total. The van der Waals surface area contributed by atoms with Crippen molar-refractivity contribution in [3.63, 3.8) is 0 Å². The fraction of sp³-hybridized carbons (Fsp3) is 1.00. The van der Waals surface area contributed by atoms with Gasteiger partial charge in [0.25, 0.3) is 0 Å². The molecule has 1 rings (SSSR count). The van der Waals surface area contributed by atoms with Gasteiger partial charge in [-0.25, -0.2) is 0 Å². The first-order chi connectivity index (χ1) is 4.79. The summed E-state index contributed by atoms with van der Waals surface area (Å²) in [5.74, 6) is 2.03. The lowest BCUT2D eigenvalue weighted by Gasteiger charge is -2.13. The first-order valence-electron chi connectivity index (χ1n) is 2.86. The van der Waals surface area contributed by atoms with E-state index in [-0.39, 0.29) is 6.10 Å². The molecule has 2 atom stereocenters. The Morgan fingerprint density at radius 1 is 1.60 bits per heavy atom. The van der Waals surface area contributed by atoms with Crippen LogP contribution in [0.25, 0.3) is 0 Å². The molecule has 0 aromatic heterocycles. The van der Waals surface area contributed by atoms with E-state index in [1.54, 1.807) is 10.8 Å². The monoisotopic (exact) mass is 215 g/mol. The molecule has 6 heteroatoms. The highest BCUT2D eigenvalue weighted by atomic mass is 33.1. The van der Waals surface area contributed by atoms with E-state index in [4.69, 9.17) is 4.52 Å². The van der Waals surface area contributed by atoms with Crippen LogP contribution in [0.5, 0.6) is 0 Å². The maximum Gasteiger partial charge on any atom is 0.582 e. The van der Waals surface area contributed by atoms with Gasteiger partial charge >= 0.3 is 7.23 Å². The van der Waals surface area contributed by atoms with Crippen molar-refractivity contribution in [1.29, 1.82) is 0 Å². The number of hydrogen-bond donors (Lipinski definition) is 1. The number of thiol groups is 1. The van der Waals surface area contributed by atoms with Gasteiger partial charge < -0.3 is 0 Å². The summed E-state index contributed by atoms with van der Waals surface area (Å²) in [6.45, 7) is 0. The van der Waals surface area contributed by atoms with Gasteiger partial charge in [0.2, 0.25) is 0 Å². The lowest BCUT2D eigenvalue weighted by molar-refractivity contribution is 0.243. The second-order valence-corrected chi connectivity index (χ2v) is 6.15. The minimum absolute atomic E-state index is 0.160. The third-order valence-electron chi connectivity index (χ3n) is 1.10. The first kappa shape index (κ1) is 9.20. The fourth-order valence-electron chi connectivity index (χ4n) is 0.656. The van der Waals surface area contributed by atoms with Crippen molar-refractivity contribution in [2.45, 2.75) is 12.5 Å². The van der Waals surface area contributed by atoms with Crippen LogP contribution in [0.1, 0.15) is 6.42 Å². The molecule has 0 aromatic carbocycles. The Labute approximate surface area is 74.3 Å². The third-order valence-corrected chi connectivity index (χ3v) is 4.35. The van der Waals surface area contributed by atoms with E-state index in [1.165, 1.54) is 0 Å². The molecule has 0 amide bonds. The largest absolute Gasteiger partial charge is 0.582 e. The molecule has 1 unspecified atom stereocenters. The summed E-state index contributed by atoms with van der Waals surface area (Å²) >= 11 is 3.68. The van der Waals surface area contributed by atoms with Gasteiger partial charge in [0.15, 0.2) is 0 Å². The van der Waals surface area contributed by atoms with Gasteiger partial charge in [-0.2, -0.15) is 0 Å². The van der Waals surface area contributed by atoms with E-state index < -0.39 is 7.23 Å². The van der Waals surface area contributed by atoms with Crippen LogP contribution in [0.15, 0.2) is 0 Å². The molecule has 0 N–H and O–H groups in total. The molecule has 58 valence electrons. The van der Waals surface area contributed by atoms with E-state index in [1.807, 2.05) is 10.8 Å². The molecule has 1 aliphatic rings. The molecular weight excluding hydrogens is 207 g/mol. The SMILES string of the molecule is O=[P+](S)O[C@@H]1CCSSC1. The van der Waals surface area contributed by atoms with Crippen LogP contribution >= 0.6 is 41.1 Å². The molecule has 0 spiro atoms.